The standard InChI is InChI=1S/C12H15FN2O2/c13-11-3-1-2-10(8-11)9-14-4-6-15(7-5-14)12(16)17/h1-3,8H,4-7,9H2,(H,16,17). The lowest BCUT2D eigenvalue weighted by molar-refractivity contribution is 0.103. The number of amides is 1. The Balaban J connectivity index is 1.88. The highest BCUT2D eigenvalue weighted by atomic mass is 19.1. The van der Waals surface area contributed by atoms with E-state index in [-0.39, 0.29) is 5.82 Å². The van der Waals surface area contributed by atoms with Crippen LogP contribution in [-0.2, 0) is 6.54 Å². The first-order valence-electron chi connectivity index (χ1n) is 5.60. The molecular weight excluding hydrogens is 223 g/mol. The lowest BCUT2D eigenvalue weighted by Crippen LogP contribution is -2.47. The summed E-state index contributed by atoms with van der Waals surface area (Å²) >= 11 is 0. The molecule has 0 bridgehead atoms. The minimum atomic E-state index is -0.865. The summed E-state index contributed by atoms with van der Waals surface area (Å²) in [5.41, 5.74) is 0.925. The summed E-state index contributed by atoms with van der Waals surface area (Å²) in [6.45, 7) is 3.10. The van der Waals surface area contributed by atoms with Crippen molar-refractivity contribution in [1.82, 2.24) is 9.80 Å². The van der Waals surface area contributed by atoms with Crippen molar-refractivity contribution in [2.45, 2.75) is 6.54 Å². The number of piperazine rings is 1. The third-order valence-corrected chi connectivity index (χ3v) is 2.94. The normalized spacial score (nSPS) is 17.1. The van der Waals surface area contributed by atoms with Gasteiger partial charge >= 0.3 is 6.09 Å². The van der Waals surface area contributed by atoms with Crippen LogP contribution in [0.5, 0.6) is 0 Å². The highest BCUT2D eigenvalue weighted by Crippen LogP contribution is 2.10. The Bertz CT molecular complexity index is 403. The molecule has 1 N–H and O–H groups in total. The van der Waals surface area contributed by atoms with Crippen LogP contribution >= 0.6 is 0 Å². The zero-order chi connectivity index (χ0) is 12.3. The number of carboxylic acid groups (broad SMARTS) is 1. The van der Waals surface area contributed by atoms with E-state index >= 15 is 0 Å². The molecule has 0 spiro atoms. The molecule has 0 aromatic heterocycles. The summed E-state index contributed by atoms with van der Waals surface area (Å²) in [5.74, 6) is -0.230. The van der Waals surface area contributed by atoms with Gasteiger partial charge in [0.1, 0.15) is 5.82 Å². The first-order chi connectivity index (χ1) is 8.15. The number of hydrogen-bond donors (Lipinski definition) is 1. The maximum Gasteiger partial charge on any atom is 0.407 e. The largest absolute Gasteiger partial charge is 0.465 e. The van der Waals surface area contributed by atoms with Crippen LogP contribution in [0.15, 0.2) is 24.3 Å². The number of nitrogens with zero attached hydrogens (tertiary/aromatic N) is 2. The average molecular weight is 238 g/mol. The van der Waals surface area contributed by atoms with Crippen molar-refractivity contribution in [3.8, 4) is 0 Å². The van der Waals surface area contributed by atoms with E-state index in [1.807, 2.05) is 6.07 Å². The van der Waals surface area contributed by atoms with Gasteiger partial charge in [-0.1, -0.05) is 12.1 Å². The van der Waals surface area contributed by atoms with Gasteiger partial charge in [0.15, 0.2) is 0 Å². The van der Waals surface area contributed by atoms with E-state index in [9.17, 15) is 9.18 Å². The molecule has 2 rings (SSSR count). The molecule has 1 aromatic rings. The van der Waals surface area contributed by atoms with Crippen LogP contribution in [0.2, 0.25) is 0 Å². The first-order valence-corrected chi connectivity index (χ1v) is 5.60. The van der Waals surface area contributed by atoms with Crippen molar-refractivity contribution in [3.05, 3.63) is 35.6 Å². The monoisotopic (exact) mass is 238 g/mol. The summed E-state index contributed by atoms with van der Waals surface area (Å²) in [5, 5.41) is 8.81. The molecule has 5 heteroatoms. The number of hydrogen-bond acceptors (Lipinski definition) is 2. The van der Waals surface area contributed by atoms with E-state index in [0.717, 1.165) is 5.56 Å². The highest BCUT2D eigenvalue weighted by molar-refractivity contribution is 5.65. The predicted octanol–water partition coefficient (Wildman–Crippen LogP) is 1.62. The maximum atomic E-state index is 13.0. The fourth-order valence-electron chi connectivity index (χ4n) is 1.99. The molecule has 1 amide bonds. The Morgan fingerprint density at radius 3 is 2.59 bits per heavy atom. The predicted molar refractivity (Wildman–Crippen MR) is 61.3 cm³/mol. The molecule has 1 aliphatic rings. The molecule has 0 aliphatic carbocycles. The van der Waals surface area contributed by atoms with Crippen molar-refractivity contribution < 1.29 is 14.3 Å². The molecule has 1 aromatic carbocycles. The first kappa shape index (κ1) is 11.9. The van der Waals surface area contributed by atoms with Gasteiger partial charge in [-0.15, -0.1) is 0 Å². The number of rotatable bonds is 2. The van der Waals surface area contributed by atoms with Gasteiger partial charge in [-0.25, -0.2) is 9.18 Å². The smallest absolute Gasteiger partial charge is 0.407 e. The van der Waals surface area contributed by atoms with Gasteiger partial charge in [0, 0.05) is 32.7 Å². The molecular formula is C12H15FN2O2. The van der Waals surface area contributed by atoms with Crippen LogP contribution in [0.3, 0.4) is 0 Å². The Morgan fingerprint density at radius 1 is 1.29 bits per heavy atom. The fourth-order valence-corrected chi connectivity index (χ4v) is 1.99. The fraction of sp³-hybridized carbons (Fsp3) is 0.417. The summed E-state index contributed by atoms with van der Waals surface area (Å²) in [4.78, 5) is 14.3. The summed E-state index contributed by atoms with van der Waals surface area (Å²) in [6.07, 6.45) is -0.865. The Hall–Kier alpha value is -1.62. The van der Waals surface area contributed by atoms with Crippen molar-refractivity contribution in [3.63, 3.8) is 0 Å². The van der Waals surface area contributed by atoms with E-state index in [1.165, 1.54) is 17.0 Å². The van der Waals surface area contributed by atoms with Gasteiger partial charge in [0.05, 0.1) is 0 Å². The van der Waals surface area contributed by atoms with Gasteiger partial charge in [0.2, 0.25) is 0 Å². The third-order valence-electron chi connectivity index (χ3n) is 2.94. The van der Waals surface area contributed by atoms with E-state index in [0.29, 0.717) is 32.7 Å². The van der Waals surface area contributed by atoms with Crippen LogP contribution < -0.4 is 0 Å². The zero-order valence-electron chi connectivity index (χ0n) is 9.47. The zero-order valence-corrected chi connectivity index (χ0v) is 9.47. The quantitative estimate of drug-likeness (QED) is 0.851. The van der Waals surface area contributed by atoms with E-state index in [4.69, 9.17) is 5.11 Å². The topological polar surface area (TPSA) is 43.8 Å². The van der Waals surface area contributed by atoms with Crippen molar-refractivity contribution in [2.24, 2.45) is 0 Å². The Labute approximate surface area is 99.3 Å². The van der Waals surface area contributed by atoms with Gasteiger partial charge < -0.3 is 10.0 Å². The average Bonchev–Trinajstić information content (AvgIpc) is 2.29. The van der Waals surface area contributed by atoms with Crippen LogP contribution in [-0.4, -0.2) is 47.2 Å². The molecule has 1 heterocycles. The Morgan fingerprint density at radius 2 is 2.00 bits per heavy atom. The lowest BCUT2D eigenvalue weighted by Gasteiger charge is -2.33. The molecule has 1 saturated heterocycles. The van der Waals surface area contributed by atoms with Gasteiger partial charge in [-0.3, -0.25) is 4.90 Å². The van der Waals surface area contributed by atoms with Crippen molar-refractivity contribution in [2.75, 3.05) is 26.2 Å². The molecule has 1 fully saturated rings. The lowest BCUT2D eigenvalue weighted by atomic mass is 10.2. The number of halogens is 1. The number of carbonyl (C=O) groups is 1. The van der Waals surface area contributed by atoms with Crippen LogP contribution in [0.1, 0.15) is 5.56 Å². The molecule has 0 saturated carbocycles. The summed E-state index contributed by atoms with van der Waals surface area (Å²) in [7, 11) is 0. The highest BCUT2D eigenvalue weighted by Gasteiger charge is 2.20. The molecule has 92 valence electrons. The van der Waals surface area contributed by atoms with Crippen LogP contribution in [0.25, 0.3) is 0 Å². The van der Waals surface area contributed by atoms with Gasteiger partial charge in [-0.05, 0) is 17.7 Å². The second kappa shape index (κ2) is 5.14. The molecule has 1 aliphatic heterocycles. The molecule has 0 radical (unpaired) electrons. The summed E-state index contributed by atoms with van der Waals surface area (Å²) < 4.78 is 13.0. The van der Waals surface area contributed by atoms with Crippen molar-refractivity contribution in [1.29, 1.82) is 0 Å². The minimum absolute atomic E-state index is 0.230. The summed E-state index contributed by atoms with van der Waals surface area (Å²) in [6, 6.07) is 6.51. The Kier molecular flexibility index (Phi) is 3.58. The second-order valence-corrected chi connectivity index (χ2v) is 4.18. The molecule has 0 unspecified atom stereocenters. The number of benzene rings is 1. The van der Waals surface area contributed by atoms with Gasteiger partial charge in [0.25, 0.3) is 0 Å². The SMILES string of the molecule is O=C(O)N1CCN(Cc2cccc(F)c2)CC1. The maximum absolute atomic E-state index is 13.0. The van der Waals surface area contributed by atoms with Crippen LogP contribution in [0.4, 0.5) is 9.18 Å². The minimum Gasteiger partial charge on any atom is -0.465 e. The third kappa shape index (κ3) is 3.17. The molecule has 4 nitrogen and oxygen atoms in total. The van der Waals surface area contributed by atoms with Crippen LogP contribution in [0, 0.1) is 5.82 Å². The van der Waals surface area contributed by atoms with E-state index in [1.54, 1.807) is 6.07 Å². The molecule has 17 heavy (non-hydrogen) atoms. The second-order valence-electron chi connectivity index (χ2n) is 4.18. The molecule has 0 atom stereocenters. The van der Waals surface area contributed by atoms with E-state index in [2.05, 4.69) is 4.90 Å². The van der Waals surface area contributed by atoms with Crippen molar-refractivity contribution >= 4 is 6.09 Å². The van der Waals surface area contributed by atoms with Gasteiger partial charge in [-0.2, -0.15) is 0 Å². The van der Waals surface area contributed by atoms with E-state index < -0.39 is 6.09 Å².